The fraction of sp³-hybridized carbons (Fsp3) is 0.727. The van der Waals surface area contributed by atoms with E-state index < -0.39 is 23.5 Å². The van der Waals surface area contributed by atoms with Crippen molar-refractivity contribution in [2.45, 2.75) is 31.8 Å². The van der Waals surface area contributed by atoms with E-state index in [0.717, 1.165) is 0 Å². The molecule has 0 bridgehead atoms. The predicted molar refractivity (Wildman–Crippen MR) is 56.4 cm³/mol. The molecule has 0 saturated carbocycles. The summed E-state index contributed by atoms with van der Waals surface area (Å²) in [6, 6.07) is 0. The average Bonchev–Trinajstić information content (AvgIpc) is 2.74. The maximum Gasteiger partial charge on any atom is 0.335 e. The van der Waals surface area contributed by atoms with Crippen molar-refractivity contribution in [3.05, 3.63) is 0 Å². The first kappa shape index (κ1) is 13.6. The van der Waals surface area contributed by atoms with E-state index in [1.54, 1.807) is 6.92 Å². The van der Waals surface area contributed by atoms with Gasteiger partial charge in [-0.15, -0.1) is 0 Å². The largest absolute Gasteiger partial charge is 0.479 e. The van der Waals surface area contributed by atoms with Gasteiger partial charge in [-0.3, -0.25) is 9.59 Å². The number of ketones is 1. The average molecular weight is 244 g/mol. The molecule has 6 nitrogen and oxygen atoms in total. The Labute approximate surface area is 98.9 Å². The fourth-order valence-electron chi connectivity index (χ4n) is 1.89. The van der Waals surface area contributed by atoms with Crippen LogP contribution in [0.25, 0.3) is 0 Å². The molecule has 0 spiro atoms. The molecular formula is C11H16O6. The molecule has 1 N–H and O–H groups in total. The van der Waals surface area contributed by atoms with Crippen LogP contribution in [0.15, 0.2) is 0 Å². The molecule has 96 valence electrons. The molecule has 1 aliphatic heterocycles. The molecule has 0 aliphatic carbocycles. The Morgan fingerprint density at radius 1 is 1.47 bits per heavy atom. The van der Waals surface area contributed by atoms with Crippen LogP contribution in [0.2, 0.25) is 0 Å². The van der Waals surface area contributed by atoms with Gasteiger partial charge in [-0.2, -0.15) is 0 Å². The number of hydrogen-bond donors (Lipinski definition) is 1. The smallest absolute Gasteiger partial charge is 0.335 e. The zero-order valence-electron chi connectivity index (χ0n) is 9.89. The Balaban J connectivity index is 2.63. The Bertz CT molecular complexity index is 337. The summed E-state index contributed by atoms with van der Waals surface area (Å²) < 4.78 is 9.62. The van der Waals surface area contributed by atoms with Gasteiger partial charge in [0.1, 0.15) is 12.2 Å². The highest BCUT2D eigenvalue weighted by Gasteiger charge is 2.47. The monoisotopic (exact) mass is 244 g/mol. The molecule has 2 atom stereocenters. The minimum absolute atomic E-state index is 0.0516. The number of carboxylic acid groups (broad SMARTS) is 1. The summed E-state index contributed by atoms with van der Waals surface area (Å²) in [6.45, 7) is 1.75. The van der Waals surface area contributed by atoms with Gasteiger partial charge in [0, 0.05) is 5.92 Å². The first-order chi connectivity index (χ1) is 7.95. The lowest BCUT2D eigenvalue weighted by Gasteiger charge is -2.20. The molecule has 1 rings (SSSR count). The standard InChI is InChI=1S/C11H16O6/c1-3-11(10(14)15)5-7(6-17-11)8(12)4-9(13)16-2/h7H,3-6H2,1-2H3,(H,14,15). The molecule has 1 saturated heterocycles. The summed E-state index contributed by atoms with van der Waals surface area (Å²) >= 11 is 0. The first-order valence-corrected chi connectivity index (χ1v) is 5.42. The SMILES string of the molecule is CCC1(C(=O)O)CC(C(=O)CC(=O)OC)CO1. The van der Waals surface area contributed by atoms with E-state index in [2.05, 4.69) is 4.74 Å². The van der Waals surface area contributed by atoms with E-state index in [9.17, 15) is 14.4 Å². The van der Waals surface area contributed by atoms with Gasteiger partial charge in [0.2, 0.25) is 0 Å². The molecule has 0 aromatic carbocycles. The highest BCUT2D eigenvalue weighted by Crippen LogP contribution is 2.34. The van der Waals surface area contributed by atoms with Crippen LogP contribution >= 0.6 is 0 Å². The van der Waals surface area contributed by atoms with Gasteiger partial charge in [0.25, 0.3) is 0 Å². The maximum absolute atomic E-state index is 11.7. The van der Waals surface area contributed by atoms with E-state index in [1.807, 2.05) is 0 Å². The third-order valence-corrected chi connectivity index (χ3v) is 3.10. The van der Waals surface area contributed by atoms with Crippen molar-refractivity contribution in [1.29, 1.82) is 0 Å². The van der Waals surface area contributed by atoms with Gasteiger partial charge in [0.15, 0.2) is 5.60 Å². The van der Waals surface area contributed by atoms with Gasteiger partial charge < -0.3 is 14.6 Å². The third-order valence-electron chi connectivity index (χ3n) is 3.10. The molecule has 6 heteroatoms. The van der Waals surface area contributed by atoms with E-state index in [1.165, 1.54) is 7.11 Å². The number of carbonyl (C=O) groups excluding carboxylic acids is 2. The molecule has 2 unspecified atom stereocenters. The minimum atomic E-state index is -1.28. The fourth-order valence-corrected chi connectivity index (χ4v) is 1.89. The predicted octanol–water partition coefficient (Wildman–Crippen LogP) is 0.388. The molecule has 1 aliphatic rings. The van der Waals surface area contributed by atoms with Crippen LogP contribution in [-0.4, -0.2) is 42.1 Å². The Hall–Kier alpha value is -1.43. The van der Waals surface area contributed by atoms with Crippen molar-refractivity contribution in [2.24, 2.45) is 5.92 Å². The van der Waals surface area contributed by atoms with Gasteiger partial charge in [0.05, 0.1) is 13.7 Å². The van der Waals surface area contributed by atoms with Crippen LogP contribution in [-0.2, 0) is 23.9 Å². The Kier molecular flexibility index (Phi) is 4.22. The first-order valence-electron chi connectivity index (χ1n) is 5.42. The second kappa shape index (κ2) is 5.27. The Morgan fingerprint density at radius 3 is 2.53 bits per heavy atom. The number of carbonyl (C=O) groups is 3. The highest BCUT2D eigenvalue weighted by molar-refractivity contribution is 5.97. The Morgan fingerprint density at radius 2 is 2.12 bits per heavy atom. The lowest BCUT2D eigenvalue weighted by atomic mass is 9.89. The molecule has 0 aromatic rings. The lowest BCUT2D eigenvalue weighted by Crippen LogP contribution is -2.37. The third kappa shape index (κ3) is 2.82. The maximum atomic E-state index is 11.7. The van der Waals surface area contributed by atoms with Crippen molar-refractivity contribution < 1.29 is 29.0 Å². The van der Waals surface area contributed by atoms with Crippen LogP contribution in [0.5, 0.6) is 0 Å². The number of carboxylic acids is 1. The molecule has 1 fully saturated rings. The molecule has 1 heterocycles. The molecule has 0 aromatic heterocycles. The molecule has 0 radical (unpaired) electrons. The van der Waals surface area contributed by atoms with E-state index in [4.69, 9.17) is 9.84 Å². The molecule has 17 heavy (non-hydrogen) atoms. The second-order valence-corrected chi connectivity index (χ2v) is 4.08. The van der Waals surface area contributed by atoms with E-state index >= 15 is 0 Å². The van der Waals surface area contributed by atoms with Gasteiger partial charge >= 0.3 is 11.9 Å². The van der Waals surface area contributed by atoms with Crippen LogP contribution in [0.1, 0.15) is 26.2 Å². The summed E-state index contributed by atoms with van der Waals surface area (Å²) in [6.07, 6.45) is 0.0862. The molecular weight excluding hydrogens is 228 g/mol. The van der Waals surface area contributed by atoms with Crippen molar-refractivity contribution in [2.75, 3.05) is 13.7 Å². The summed E-state index contributed by atoms with van der Waals surface area (Å²) in [5, 5.41) is 9.06. The number of hydrogen-bond acceptors (Lipinski definition) is 5. The normalized spacial score (nSPS) is 27.8. The topological polar surface area (TPSA) is 89.9 Å². The van der Waals surface area contributed by atoms with Crippen molar-refractivity contribution in [3.63, 3.8) is 0 Å². The molecule has 0 amide bonds. The van der Waals surface area contributed by atoms with E-state index in [0.29, 0.717) is 6.42 Å². The van der Waals surface area contributed by atoms with Crippen LogP contribution in [0.4, 0.5) is 0 Å². The van der Waals surface area contributed by atoms with Crippen molar-refractivity contribution >= 4 is 17.7 Å². The summed E-state index contributed by atoms with van der Waals surface area (Å²) in [4.78, 5) is 33.7. The van der Waals surface area contributed by atoms with E-state index in [-0.39, 0.29) is 25.2 Å². The van der Waals surface area contributed by atoms with Crippen LogP contribution < -0.4 is 0 Å². The lowest BCUT2D eigenvalue weighted by molar-refractivity contribution is -0.160. The summed E-state index contributed by atoms with van der Waals surface area (Å²) in [5.41, 5.74) is -1.28. The number of ether oxygens (including phenoxy) is 2. The number of rotatable bonds is 5. The number of Topliss-reactive ketones (excluding diaryl/α,β-unsaturated/α-hetero) is 1. The quantitative estimate of drug-likeness (QED) is 0.555. The van der Waals surface area contributed by atoms with Crippen LogP contribution in [0, 0.1) is 5.92 Å². The summed E-state index contributed by atoms with van der Waals surface area (Å²) in [5.74, 6) is -2.54. The van der Waals surface area contributed by atoms with Crippen molar-refractivity contribution in [3.8, 4) is 0 Å². The van der Waals surface area contributed by atoms with Crippen LogP contribution in [0.3, 0.4) is 0 Å². The zero-order valence-corrected chi connectivity index (χ0v) is 9.89. The summed E-state index contributed by atoms with van der Waals surface area (Å²) in [7, 11) is 1.20. The zero-order chi connectivity index (χ0) is 13.1. The number of methoxy groups -OCH3 is 1. The highest BCUT2D eigenvalue weighted by atomic mass is 16.5. The number of aliphatic carboxylic acids is 1. The van der Waals surface area contributed by atoms with Crippen molar-refractivity contribution in [1.82, 2.24) is 0 Å². The van der Waals surface area contributed by atoms with Gasteiger partial charge in [-0.1, -0.05) is 6.92 Å². The second-order valence-electron chi connectivity index (χ2n) is 4.08. The van der Waals surface area contributed by atoms with Gasteiger partial charge in [-0.05, 0) is 12.8 Å². The van der Waals surface area contributed by atoms with Gasteiger partial charge in [-0.25, -0.2) is 4.79 Å². The minimum Gasteiger partial charge on any atom is -0.479 e. The number of esters is 1.